The first kappa shape index (κ1) is 11.7. The fourth-order valence-electron chi connectivity index (χ4n) is 4.30. The van der Waals surface area contributed by atoms with Gasteiger partial charge in [-0.25, -0.2) is 0 Å². The number of nitrogen functional groups attached to an aromatic ring is 1. The Bertz CT molecular complexity index is 488. The molecule has 0 radical (unpaired) electrons. The zero-order valence-corrected chi connectivity index (χ0v) is 11.3. The maximum Gasteiger partial charge on any atom is 0.0731 e. The van der Waals surface area contributed by atoms with Crippen molar-refractivity contribution >= 4 is 5.69 Å². The Kier molecular flexibility index (Phi) is 2.78. The van der Waals surface area contributed by atoms with Crippen LogP contribution < -0.4 is 5.73 Å². The molecule has 0 spiro atoms. The lowest BCUT2D eigenvalue weighted by atomic mass is 10.0. The van der Waals surface area contributed by atoms with E-state index < -0.39 is 0 Å². The average Bonchev–Trinajstić information content (AvgIpc) is 3.03. The molecule has 3 aliphatic rings. The minimum atomic E-state index is 0.492. The van der Waals surface area contributed by atoms with Gasteiger partial charge < -0.3 is 10.5 Å². The molecule has 3 atom stereocenters. The molecule has 1 saturated carbocycles. The van der Waals surface area contributed by atoms with Gasteiger partial charge in [-0.05, 0) is 55.4 Å². The molecule has 102 valence electrons. The fourth-order valence-corrected chi connectivity index (χ4v) is 4.30. The Morgan fingerprint density at radius 2 is 2.16 bits per heavy atom. The normalized spacial score (nSPS) is 34.2. The van der Waals surface area contributed by atoms with Gasteiger partial charge in [-0.15, -0.1) is 0 Å². The lowest BCUT2D eigenvalue weighted by Gasteiger charge is -2.41. The predicted octanol–water partition coefficient (Wildman–Crippen LogP) is 2.51. The van der Waals surface area contributed by atoms with Crippen LogP contribution in [0.5, 0.6) is 0 Å². The van der Waals surface area contributed by atoms with Gasteiger partial charge in [0.25, 0.3) is 0 Å². The van der Waals surface area contributed by atoms with E-state index in [4.69, 9.17) is 10.5 Å². The smallest absolute Gasteiger partial charge is 0.0731 e. The van der Waals surface area contributed by atoms with Crippen LogP contribution in [0.3, 0.4) is 0 Å². The highest BCUT2D eigenvalue weighted by molar-refractivity contribution is 5.47. The molecule has 0 aromatic heterocycles. The van der Waals surface area contributed by atoms with Crippen molar-refractivity contribution in [3.05, 3.63) is 29.3 Å². The molecule has 4 rings (SSSR count). The van der Waals surface area contributed by atoms with Gasteiger partial charge in [-0.2, -0.15) is 0 Å². The van der Waals surface area contributed by atoms with Crippen LogP contribution in [0.4, 0.5) is 5.69 Å². The van der Waals surface area contributed by atoms with Crippen molar-refractivity contribution in [3.8, 4) is 0 Å². The van der Waals surface area contributed by atoms with Crippen LogP contribution in [0, 0.1) is 0 Å². The van der Waals surface area contributed by atoms with E-state index in [0.717, 1.165) is 18.8 Å². The summed E-state index contributed by atoms with van der Waals surface area (Å²) in [5, 5.41) is 0. The molecule has 0 amide bonds. The topological polar surface area (TPSA) is 38.5 Å². The summed E-state index contributed by atoms with van der Waals surface area (Å²) in [6.45, 7) is 2.00. The van der Waals surface area contributed by atoms with Crippen LogP contribution in [0.25, 0.3) is 0 Å². The number of nitrogens with two attached hydrogens (primary N) is 1. The first-order valence-electron chi connectivity index (χ1n) is 7.58. The standard InChI is InChI=1S/C16H22N2O/c17-12-5-6-13-11(10-12)4-7-14(13)18-8-9-19-16-3-1-2-15(16)18/h5-6,10,14-16H,1-4,7-9,17H2. The van der Waals surface area contributed by atoms with Gasteiger partial charge in [0.05, 0.1) is 12.7 Å². The van der Waals surface area contributed by atoms with E-state index in [1.807, 2.05) is 0 Å². The maximum absolute atomic E-state index is 5.94. The third-order valence-electron chi connectivity index (χ3n) is 5.14. The quantitative estimate of drug-likeness (QED) is 0.787. The first-order chi connectivity index (χ1) is 9.33. The second-order valence-corrected chi connectivity index (χ2v) is 6.16. The number of morpholine rings is 1. The molecule has 1 aromatic carbocycles. The van der Waals surface area contributed by atoms with Crippen LogP contribution >= 0.6 is 0 Å². The van der Waals surface area contributed by atoms with Crippen molar-refractivity contribution in [1.29, 1.82) is 0 Å². The van der Waals surface area contributed by atoms with E-state index in [1.165, 1.54) is 43.2 Å². The molecular weight excluding hydrogens is 236 g/mol. The summed E-state index contributed by atoms with van der Waals surface area (Å²) in [5.74, 6) is 0. The minimum Gasteiger partial charge on any atom is -0.399 e. The number of hydrogen-bond acceptors (Lipinski definition) is 3. The average molecular weight is 258 g/mol. The monoisotopic (exact) mass is 258 g/mol. The molecule has 1 aromatic rings. The van der Waals surface area contributed by atoms with Crippen molar-refractivity contribution in [2.45, 2.75) is 50.3 Å². The zero-order valence-electron chi connectivity index (χ0n) is 11.3. The van der Waals surface area contributed by atoms with E-state index in [2.05, 4.69) is 23.1 Å². The van der Waals surface area contributed by atoms with Crippen molar-refractivity contribution in [2.75, 3.05) is 18.9 Å². The molecule has 2 aliphatic carbocycles. The van der Waals surface area contributed by atoms with Gasteiger partial charge in [-0.3, -0.25) is 4.90 Å². The maximum atomic E-state index is 5.94. The van der Waals surface area contributed by atoms with Gasteiger partial charge >= 0.3 is 0 Å². The van der Waals surface area contributed by atoms with Crippen molar-refractivity contribution < 1.29 is 4.74 Å². The number of benzene rings is 1. The van der Waals surface area contributed by atoms with E-state index in [1.54, 1.807) is 0 Å². The molecule has 1 saturated heterocycles. The fraction of sp³-hybridized carbons (Fsp3) is 0.625. The number of fused-ring (bicyclic) bond motifs is 2. The number of ether oxygens (including phenoxy) is 1. The molecule has 3 nitrogen and oxygen atoms in total. The molecule has 2 N–H and O–H groups in total. The summed E-state index contributed by atoms with van der Waals surface area (Å²) < 4.78 is 5.94. The molecule has 19 heavy (non-hydrogen) atoms. The highest BCUT2D eigenvalue weighted by atomic mass is 16.5. The van der Waals surface area contributed by atoms with Crippen molar-refractivity contribution in [3.63, 3.8) is 0 Å². The number of hydrogen-bond donors (Lipinski definition) is 1. The van der Waals surface area contributed by atoms with Crippen LogP contribution in [0.2, 0.25) is 0 Å². The number of rotatable bonds is 1. The molecule has 0 bridgehead atoms. The Labute approximate surface area is 114 Å². The second kappa shape index (κ2) is 4.50. The second-order valence-electron chi connectivity index (χ2n) is 6.16. The number of aryl methyl sites for hydroxylation is 1. The molecular formula is C16H22N2O. The van der Waals surface area contributed by atoms with Crippen molar-refractivity contribution in [2.24, 2.45) is 0 Å². The summed E-state index contributed by atoms with van der Waals surface area (Å²) in [6.07, 6.45) is 6.81. The van der Waals surface area contributed by atoms with E-state index in [9.17, 15) is 0 Å². The van der Waals surface area contributed by atoms with Crippen LogP contribution in [0.15, 0.2) is 18.2 Å². The van der Waals surface area contributed by atoms with Gasteiger partial charge in [0.2, 0.25) is 0 Å². The van der Waals surface area contributed by atoms with E-state index in [0.29, 0.717) is 18.2 Å². The third-order valence-corrected chi connectivity index (χ3v) is 5.14. The molecule has 1 aliphatic heterocycles. The Balaban J connectivity index is 1.64. The van der Waals surface area contributed by atoms with Crippen LogP contribution in [-0.4, -0.2) is 30.2 Å². The molecule has 3 heteroatoms. The van der Waals surface area contributed by atoms with Gasteiger partial charge in [0, 0.05) is 24.3 Å². The Morgan fingerprint density at radius 3 is 3.11 bits per heavy atom. The first-order valence-corrected chi connectivity index (χ1v) is 7.58. The SMILES string of the molecule is Nc1ccc2c(c1)CCC2N1CCOC2CCCC21. The Morgan fingerprint density at radius 1 is 1.21 bits per heavy atom. The van der Waals surface area contributed by atoms with Crippen LogP contribution in [-0.2, 0) is 11.2 Å². The summed E-state index contributed by atoms with van der Waals surface area (Å²) >= 11 is 0. The molecule has 3 unspecified atom stereocenters. The highest BCUT2D eigenvalue weighted by Gasteiger charge is 2.41. The van der Waals surface area contributed by atoms with Crippen LogP contribution in [0.1, 0.15) is 42.9 Å². The van der Waals surface area contributed by atoms with E-state index >= 15 is 0 Å². The lowest BCUT2D eigenvalue weighted by Crippen LogP contribution is -2.49. The summed E-state index contributed by atoms with van der Waals surface area (Å²) in [4.78, 5) is 2.73. The zero-order chi connectivity index (χ0) is 12.8. The summed E-state index contributed by atoms with van der Waals surface area (Å²) in [5.41, 5.74) is 9.79. The molecule has 1 heterocycles. The Hall–Kier alpha value is -1.06. The van der Waals surface area contributed by atoms with E-state index in [-0.39, 0.29) is 0 Å². The summed E-state index contributed by atoms with van der Waals surface area (Å²) in [6, 6.07) is 7.74. The molecule has 2 fully saturated rings. The van der Waals surface area contributed by atoms with Gasteiger partial charge in [0.1, 0.15) is 0 Å². The predicted molar refractivity (Wildman–Crippen MR) is 76.0 cm³/mol. The largest absolute Gasteiger partial charge is 0.399 e. The lowest BCUT2D eigenvalue weighted by molar-refractivity contribution is -0.0722. The minimum absolute atomic E-state index is 0.492. The highest BCUT2D eigenvalue weighted by Crippen LogP contribution is 2.42. The van der Waals surface area contributed by atoms with Gasteiger partial charge in [-0.1, -0.05) is 6.07 Å². The summed E-state index contributed by atoms with van der Waals surface area (Å²) in [7, 11) is 0. The third kappa shape index (κ3) is 1.87. The van der Waals surface area contributed by atoms with Crippen molar-refractivity contribution in [1.82, 2.24) is 4.90 Å². The number of anilines is 1. The van der Waals surface area contributed by atoms with Gasteiger partial charge in [0.15, 0.2) is 0 Å². The number of nitrogens with zero attached hydrogens (tertiary/aromatic N) is 1.